The van der Waals surface area contributed by atoms with E-state index >= 15 is 0 Å². The summed E-state index contributed by atoms with van der Waals surface area (Å²) in [6.07, 6.45) is 0.448. The van der Waals surface area contributed by atoms with Gasteiger partial charge in [-0.1, -0.05) is 48.5 Å². The highest BCUT2D eigenvalue weighted by molar-refractivity contribution is 7.89. The molecule has 2 aromatic carbocycles. The third-order valence-electron chi connectivity index (χ3n) is 2.92. The standard InChI is InChI=1S/C15H17NO3S/c17-12-14(11-13-7-3-1-4-8-13)16-20(18,19)15-9-5-2-6-10-15/h1-10,14,16-17H,11-12H2/t14-/m1/s1. The van der Waals surface area contributed by atoms with Crippen LogP contribution in [-0.2, 0) is 16.4 Å². The Hall–Kier alpha value is -1.69. The van der Waals surface area contributed by atoms with E-state index in [2.05, 4.69) is 4.72 Å². The lowest BCUT2D eigenvalue weighted by Crippen LogP contribution is -2.39. The lowest BCUT2D eigenvalue weighted by Gasteiger charge is -2.16. The molecule has 5 heteroatoms. The predicted molar refractivity (Wildman–Crippen MR) is 77.8 cm³/mol. The van der Waals surface area contributed by atoms with Crippen molar-refractivity contribution in [3.63, 3.8) is 0 Å². The Kier molecular flexibility index (Phi) is 4.89. The van der Waals surface area contributed by atoms with Crippen LogP contribution in [0, 0.1) is 0 Å². The minimum atomic E-state index is -3.60. The fourth-order valence-corrected chi connectivity index (χ4v) is 3.18. The van der Waals surface area contributed by atoms with Gasteiger partial charge < -0.3 is 5.11 Å². The van der Waals surface area contributed by atoms with Gasteiger partial charge in [-0.05, 0) is 24.1 Å². The van der Waals surface area contributed by atoms with Gasteiger partial charge in [0.1, 0.15) is 0 Å². The lowest BCUT2D eigenvalue weighted by molar-refractivity contribution is 0.256. The molecule has 0 aliphatic rings. The number of sulfonamides is 1. The number of rotatable bonds is 6. The van der Waals surface area contributed by atoms with Crippen molar-refractivity contribution in [2.45, 2.75) is 17.4 Å². The molecule has 0 spiro atoms. The second-order valence-electron chi connectivity index (χ2n) is 4.50. The number of aliphatic hydroxyl groups excluding tert-OH is 1. The molecule has 106 valence electrons. The second kappa shape index (κ2) is 6.65. The first-order valence-corrected chi connectivity index (χ1v) is 7.82. The summed E-state index contributed by atoms with van der Waals surface area (Å²) in [6.45, 7) is -0.249. The summed E-state index contributed by atoms with van der Waals surface area (Å²) in [5.41, 5.74) is 0.974. The zero-order chi connectivity index (χ0) is 14.4. The van der Waals surface area contributed by atoms with Crippen LogP contribution < -0.4 is 4.72 Å². The third kappa shape index (κ3) is 3.90. The smallest absolute Gasteiger partial charge is 0.240 e. The average Bonchev–Trinajstić information content (AvgIpc) is 2.48. The lowest BCUT2D eigenvalue weighted by atomic mass is 10.1. The van der Waals surface area contributed by atoms with Gasteiger partial charge in [-0.25, -0.2) is 13.1 Å². The predicted octanol–water partition coefficient (Wildman–Crippen LogP) is 1.57. The molecule has 0 aliphatic heterocycles. The van der Waals surface area contributed by atoms with E-state index in [1.807, 2.05) is 30.3 Å². The second-order valence-corrected chi connectivity index (χ2v) is 6.22. The van der Waals surface area contributed by atoms with Crippen molar-refractivity contribution in [3.8, 4) is 0 Å². The third-order valence-corrected chi connectivity index (χ3v) is 4.46. The van der Waals surface area contributed by atoms with Crippen LogP contribution in [0.2, 0.25) is 0 Å². The van der Waals surface area contributed by atoms with E-state index in [0.29, 0.717) is 6.42 Å². The number of benzene rings is 2. The van der Waals surface area contributed by atoms with Gasteiger partial charge in [-0.3, -0.25) is 0 Å². The molecule has 0 saturated carbocycles. The van der Waals surface area contributed by atoms with Crippen LogP contribution in [0.25, 0.3) is 0 Å². The summed E-state index contributed by atoms with van der Waals surface area (Å²) in [5, 5.41) is 9.37. The van der Waals surface area contributed by atoms with Crippen molar-refractivity contribution in [1.82, 2.24) is 4.72 Å². The highest BCUT2D eigenvalue weighted by Gasteiger charge is 2.19. The molecule has 0 heterocycles. The largest absolute Gasteiger partial charge is 0.395 e. The van der Waals surface area contributed by atoms with Crippen molar-refractivity contribution >= 4 is 10.0 Å². The Labute approximate surface area is 119 Å². The average molecular weight is 291 g/mol. The van der Waals surface area contributed by atoms with Crippen molar-refractivity contribution in [3.05, 3.63) is 66.2 Å². The molecule has 0 bridgehead atoms. The fourth-order valence-electron chi connectivity index (χ4n) is 1.93. The molecule has 2 aromatic rings. The maximum absolute atomic E-state index is 12.2. The Balaban J connectivity index is 2.10. The summed E-state index contributed by atoms with van der Waals surface area (Å²) in [7, 11) is -3.60. The van der Waals surface area contributed by atoms with E-state index in [1.165, 1.54) is 12.1 Å². The normalized spacial score (nSPS) is 13.1. The first-order chi connectivity index (χ1) is 9.62. The van der Waals surface area contributed by atoms with Gasteiger partial charge in [-0.15, -0.1) is 0 Å². The summed E-state index contributed by atoms with van der Waals surface area (Å²) >= 11 is 0. The van der Waals surface area contributed by atoms with Gasteiger partial charge in [0.2, 0.25) is 10.0 Å². The number of hydrogen-bond donors (Lipinski definition) is 2. The summed E-state index contributed by atoms with van der Waals surface area (Å²) in [6, 6.07) is 17.1. The molecule has 0 aromatic heterocycles. The number of nitrogens with one attached hydrogen (secondary N) is 1. The van der Waals surface area contributed by atoms with Gasteiger partial charge in [0.05, 0.1) is 11.5 Å². The van der Waals surface area contributed by atoms with Crippen LogP contribution in [0.1, 0.15) is 5.56 Å². The monoisotopic (exact) mass is 291 g/mol. The molecular weight excluding hydrogens is 274 g/mol. The molecular formula is C15H17NO3S. The molecule has 1 atom stereocenters. The molecule has 2 N–H and O–H groups in total. The Bertz CT molecular complexity index is 627. The van der Waals surface area contributed by atoms with Crippen molar-refractivity contribution < 1.29 is 13.5 Å². The highest BCUT2D eigenvalue weighted by atomic mass is 32.2. The number of hydrogen-bond acceptors (Lipinski definition) is 3. The molecule has 0 unspecified atom stereocenters. The molecule has 20 heavy (non-hydrogen) atoms. The van der Waals surface area contributed by atoms with Gasteiger partial charge in [0.15, 0.2) is 0 Å². The van der Waals surface area contributed by atoms with E-state index in [4.69, 9.17) is 0 Å². The van der Waals surface area contributed by atoms with E-state index in [1.54, 1.807) is 18.2 Å². The molecule has 2 rings (SSSR count). The van der Waals surface area contributed by atoms with Crippen LogP contribution in [0.15, 0.2) is 65.6 Å². The van der Waals surface area contributed by atoms with E-state index in [0.717, 1.165) is 5.56 Å². The fraction of sp³-hybridized carbons (Fsp3) is 0.200. The number of aliphatic hydroxyl groups is 1. The molecule has 0 fully saturated rings. The van der Waals surface area contributed by atoms with Crippen molar-refractivity contribution in [2.75, 3.05) is 6.61 Å². The van der Waals surface area contributed by atoms with E-state index < -0.39 is 16.1 Å². The van der Waals surface area contributed by atoms with Gasteiger partial charge >= 0.3 is 0 Å². The van der Waals surface area contributed by atoms with E-state index in [9.17, 15) is 13.5 Å². The maximum atomic E-state index is 12.2. The zero-order valence-corrected chi connectivity index (χ0v) is 11.8. The minimum absolute atomic E-state index is 0.200. The van der Waals surface area contributed by atoms with Crippen LogP contribution >= 0.6 is 0 Å². The topological polar surface area (TPSA) is 66.4 Å². The molecule has 0 radical (unpaired) electrons. The quantitative estimate of drug-likeness (QED) is 0.849. The van der Waals surface area contributed by atoms with Crippen LogP contribution in [0.5, 0.6) is 0 Å². The minimum Gasteiger partial charge on any atom is -0.395 e. The zero-order valence-electron chi connectivity index (χ0n) is 10.9. The summed E-state index contributed by atoms with van der Waals surface area (Å²) < 4.78 is 26.9. The van der Waals surface area contributed by atoms with Gasteiger partial charge in [-0.2, -0.15) is 0 Å². The van der Waals surface area contributed by atoms with Crippen molar-refractivity contribution in [1.29, 1.82) is 0 Å². The molecule has 4 nitrogen and oxygen atoms in total. The van der Waals surface area contributed by atoms with Crippen LogP contribution in [0.4, 0.5) is 0 Å². The van der Waals surface area contributed by atoms with Gasteiger partial charge in [0, 0.05) is 6.04 Å². The Morgan fingerprint density at radius 2 is 1.50 bits per heavy atom. The summed E-state index contributed by atoms with van der Waals surface area (Å²) in [5.74, 6) is 0. The SMILES string of the molecule is O=S(=O)(N[C@@H](CO)Cc1ccccc1)c1ccccc1. The molecule has 0 amide bonds. The van der Waals surface area contributed by atoms with E-state index in [-0.39, 0.29) is 11.5 Å². The first-order valence-electron chi connectivity index (χ1n) is 6.34. The summed E-state index contributed by atoms with van der Waals surface area (Å²) in [4.78, 5) is 0.200. The Morgan fingerprint density at radius 3 is 2.05 bits per heavy atom. The van der Waals surface area contributed by atoms with Crippen LogP contribution in [0.3, 0.4) is 0 Å². The maximum Gasteiger partial charge on any atom is 0.240 e. The molecule has 0 saturated heterocycles. The van der Waals surface area contributed by atoms with Gasteiger partial charge in [0.25, 0.3) is 0 Å². The Morgan fingerprint density at radius 1 is 0.950 bits per heavy atom. The first kappa shape index (κ1) is 14.7. The highest BCUT2D eigenvalue weighted by Crippen LogP contribution is 2.10. The van der Waals surface area contributed by atoms with Crippen LogP contribution in [-0.4, -0.2) is 26.2 Å². The molecule has 0 aliphatic carbocycles. The van der Waals surface area contributed by atoms with Crippen molar-refractivity contribution in [2.24, 2.45) is 0 Å².